The molecule has 0 aromatic heterocycles. The van der Waals surface area contributed by atoms with E-state index in [1.807, 2.05) is 0 Å². The number of nitro benzene ring substituents is 1. The zero-order valence-electron chi connectivity index (χ0n) is 9.79. The molecular weight excluding hydrogens is 370 g/mol. The average Bonchev–Trinajstić information content (AvgIpc) is 2.39. The van der Waals surface area contributed by atoms with E-state index in [1.165, 1.54) is 24.3 Å². The molecule has 5 nitrogen and oxygen atoms in total. The Bertz CT molecular complexity index is 775. The van der Waals surface area contributed by atoms with Gasteiger partial charge in [-0.05, 0) is 36.4 Å². The number of nitro groups is 1. The molecule has 0 N–H and O–H groups in total. The maximum absolute atomic E-state index is 12.4. The molecule has 0 fully saturated rings. The molecule has 2 rings (SSSR count). The number of halogens is 2. The maximum Gasteiger partial charge on any atom is 0.289 e. The van der Waals surface area contributed by atoms with Crippen LogP contribution in [0.3, 0.4) is 0 Å². The van der Waals surface area contributed by atoms with Crippen molar-refractivity contribution in [1.29, 1.82) is 0 Å². The van der Waals surface area contributed by atoms with Crippen LogP contribution in [0.5, 0.6) is 0 Å². The summed E-state index contributed by atoms with van der Waals surface area (Å²) in [5.74, 6) is 0. The lowest BCUT2D eigenvalue weighted by Gasteiger charge is -2.05. The van der Waals surface area contributed by atoms with Gasteiger partial charge in [0.1, 0.15) is 5.02 Å². The van der Waals surface area contributed by atoms with E-state index in [4.69, 9.17) is 11.6 Å². The number of rotatable bonds is 3. The molecule has 0 unspecified atom stereocenters. The van der Waals surface area contributed by atoms with Gasteiger partial charge in [-0.2, -0.15) is 0 Å². The Balaban J connectivity index is 2.58. The zero-order chi connectivity index (χ0) is 14.9. The summed E-state index contributed by atoms with van der Waals surface area (Å²) in [7, 11) is -3.81. The first-order valence-corrected chi connectivity index (χ1v) is 7.92. The highest BCUT2D eigenvalue weighted by molar-refractivity contribution is 9.10. The van der Waals surface area contributed by atoms with Crippen molar-refractivity contribution in [2.24, 2.45) is 0 Å². The standard InChI is InChI=1S/C12H7BrClNO4S/c13-8-1-3-9(4-2-8)20(18,19)10-5-6-11(14)12(7-10)15(16)17/h1-7H. The van der Waals surface area contributed by atoms with E-state index < -0.39 is 20.4 Å². The van der Waals surface area contributed by atoms with Crippen molar-refractivity contribution in [2.75, 3.05) is 0 Å². The minimum absolute atomic E-state index is 0.0531. The van der Waals surface area contributed by atoms with Gasteiger partial charge < -0.3 is 0 Å². The highest BCUT2D eigenvalue weighted by Gasteiger charge is 2.22. The zero-order valence-corrected chi connectivity index (χ0v) is 12.9. The van der Waals surface area contributed by atoms with Gasteiger partial charge in [0.25, 0.3) is 5.69 Å². The van der Waals surface area contributed by atoms with Crippen LogP contribution in [-0.2, 0) is 9.84 Å². The van der Waals surface area contributed by atoms with Crippen LogP contribution in [0.4, 0.5) is 5.69 Å². The first-order chi connectivity index (χ1) is 9.32. The molecule has 0 amide bonds. The molecule has 0 bridgehead atoms. The highest BCUT2D eigenvalue weighted by Crippen LogP contribution is 2.30. The van der Waals surface area contributed by atoms with Crippen LogP contribution in [0.25, 0.3) is 0 Å². The van der Waals surface area contributed by atoms with Gasteiger partial charge in [-0.3, -0.25) is 10.1 Å². The van der Waals surface area contributed by atoms with Crippen molar-refractivity contribution in [3.05, 3.63) is 62.1 Å². The van der Waals surface area contributed by atoms with Crippen LogP contribution in [0.2, 0.25) is 5.02 Å². The second-order valence-electron chi connectivity index (χ2n) is 3.83. The molecule has 0 saturated heterocycles. The Hall–Kier alpha value is -1.44. The Morgan fingerprint density at radius 1 is 1.05 bits per heavy atom. The number of hydrogen-bond acceptors (Lipinski definition) is 4. The summed E-state index contributed by atoms with van der Waals surface area (Å²) in [5.41, 5.74) is -0.440. The molecule has 0 aliphatic heterocycles. The molecule has 0 aliphatic carbocycles. The van der Waals surface area contributed by atoms with E-state index >= 15 is 0 Å². The molecule has 0 saturated carbocycles. The molecule has 2 aromatic rings. The smallest absolute Gasteiger partial charge is 0.258 e. The molecular formula is C12H7BrClNO4S. The summed E-state index contributed by atoms with van der Waals surface area (Å²) in [5, 5.41) is 10.7. The fraction of sp³-hybridized carbons (Fsp3) is 0. The van der Waals surface area contributed by atoms with Gasteiger partial charge in [0, 0.05) is 10.5 Å². The second-order valence-corrected chi connectivity index (χ2v) is 7.10. The summed E-state index contributed by atoms with van der Waals surface area (Å²) in [6.45, 7) is 0. The van der Waals surface area contributed by atoms with Crippen molar-refractivity contribution < 1.29 is 13.3 Å². The van der Waals surface area contributed by atoms with E-state index in [0.29, 0.717) is 0 Å². The Labute approximate surface area is 128 Å². The van der Waals surface area contributed by atoms with Gasteiger partial charge in [0.05, 0.1) is 14.7 Å². The highest BCUT2D eigenvalue weighted by atomic mass is 79.9. The van der Waals surface area contributed by atoms with Gasteiger partial charge >= 0.3 is 0 Å². The Morgan fingerprint density at radius 3 is 2.15 bits per heavy atom. The second kappa shape index (κ2) is 5.51. The molecule has 0 heterocycles. The molecule has 2 aromatic carbocycles. The van der Waals surface area contributed by atoms with Crippen LogP contribution >= 0.6 is 27.5 Å². The maximum atomic E-state index is 12.4. The van der Waals surface area contributed by atoms with Gasteiger partial charge in [-0.1, -0.05) is 27.5 Å². The predicted octanol–water partition coefficient (Wildman–Crippen LogP) is 3.84. The fourth-order valence-corrected chi connectivity index (χ4v) is 3.28. The quantitative estimate of drug-likeness (QED) is 0.602. The molecule has 20 heavy (non-hydrogen) atoms. The third-order valence-electron chi connectivity index (χ3n) is 2.55. The Kier molecular flexibility index (Phi) is 4.12. The van der Waals surface area contributed by atoms with Crippen molar-refractivity contribution in [3.63, 3.8) is 0 Å². The number of hydrogen-bond donors (Lipinski definition) is 0. The number of sulfone groups is 1. The van der Waals surface area contributed by atoms with Crippen molar-refractivity contribution >= 4 is 43.1 Å². The van der Waals surface area contributed by atoms with Gasteiger partial charge in [-0.15, -0.1) is 0 Å². The first kappa shape index (κ1) is 15.0. The molecule has 8 heteroatoms. The van der Waals surface area contributed by atoms with E-state index in [0.717, 1.165) is 10.5 Å². The van der Waals surface area contributed by atoms with Crippen molar-refractivity contribution in [1.82, 2.24) is 0 Å². The van der Waals surface area contributed by atoms with Crippen LogP contribution in [0.1, 0.15) is 0 Å². The Morgan fingerprint density at radius 2 is 1.60 bits per heavy atom. The van der Waals surface area contributed by atoms with E-state index in [9.17, 15) is 18.5 Å². The molecule has 0 aliphatic rings. The summed E-state index contributed by atoms with van der Waals surface area (Å²) in [6.07, 6.45) is 0. The number of nitrogens with zero attached hydrogens (tertiary/aromatic N) is 1. The summed E-state index contributed by atoms with van der Waals surface area (Å²) in [4.78, 5) is 9.97. The van der Waals surface area contributed by atoms with Crippen LogP contribution in [0, 0.1) is 10.1 Å². The van der Waals surface area contributed by atoms with E-state index in [1.54, 1.807) is 12.1 Å². The van der Waals surface area contributed by atoms with E-state index in [-0.39, 0.29) is 14.8 Å². The monoisotopic (exact) mass is 375 g/mol. The molecule has 0 spiro atoms. The normalized spacial score (nSPS) is 11.3. The largest absolute Gasteiger partial charge is 0.289 e. The van der Waals surface area contributed by atoms with Gasteiger partial charge in [0.2, 0.25) is 9.84 Å². The molecule has 0 atom stereocenters. The number of benzene rings is 2. The lowest BCUT2D eigenvalue weighted by atomic mass is 10.3. The minimum atomic E-state index is -3.81. The van der Waals surface area contributed by atoms with Crippen molar-refractivity contribution in [2.45, 2.75) is 9.79 Å². The molecule has 0 radical (unpaired) electrons. The average molecular weight is 377 g/mol. The molecule has 104 valence electrons. The summed E-state index contributed by atoms with van der Waals surface area (Å²) < 4.78 is 25.4. The van der Waals surface area contributed by atoms with Gasteiger partial charge in [0.15, 0.2) is 0 Å². The van der Waals surface area contributed by atoms with Gasteiger partial charge in [-0.25, -0.2) is 8.42 Å². The van der Waals surface area contributed by atoms with E-state index in [2.05, 4.69) is 15.9 Å². The fourth-order valence-electron chi connectivity index (χ4n) is 1.55. The lowest BCUT2D eigenvalue weighted by Crippen LogP contribution is -2.03. The lowest BCUT2D eigenvalue weighted by molar-refractivity contribution is -0.384. The summed E-state index contributed by atoms with van der Waals surface area (Å²) >= 11 is 8.87. The van der Waals surface area contributed by atoms with Crippen LogP contribution in [0.15, 0.2) is 56.7 Å². The third-order valence-corrected chi connectivity index (χ3v) is 5.16. The minimum Gasteiger partial charge on any atom is -0.258 e. The third kappa shape index (κ3) is 2.84. The summed E-state index contributed by atoms with van der Waals surface area (Å²) in [6, 6.07) is 9.39. The SMILES string of the molecule is O=[N+]([O-])c1cc(S(=O)(=O)c2ccc(Br)cc2)ccc1Cl. The van der Waals surface area contributed by atoms with Crippen LogP contribution < -0.4 is 0 Å². The first-order valence-electron chi connectivity index (χ1n) is 5.27. The predicted molar refractivity (Wildman–Crippen MR) is 77.7 cm³/mol. The van der Waals surface area contributed by atoms with Crippen molar-refractivity contribution in [3.8, 4) is 0 Å². The topological polar surface area (TPSA) is 77.3 Å². The van der Waals surface area contributed by atoms with Crippen LogP contribution in [-0.4, -0.2) is 13.3 Å².